The third kappa shape index (κ3) is 4.91. The Morgan fingerprint density at radius 1 is 1.11 bits per heavy atom. The maximum absolute atomic E-state index is 13.7. The van der Waals surface area contributed by atoms with Crippen molar-refractivity contribution in [1.29, 1.82) is 0 Å². The van der Waals surface area contributed by atoms with Crippen LogP contribution in [0.15, 0.2) is 48.5 Å². The van der Waals surface area contributed by atoms with Gasteiger partial charge in [0.25, 0.3) is 5.69 Å². The number of carbonyl (C=O) groups is 1. The number of amides is 1. The molecule has 0 aromatic heterocycles. The molecular weight excluding hydrogens is 349 g/mol. The number of benzene rings is 2. The smallest absolute Gasteiger partial charge is 0.269 e. The van der Waals surface area contributed by atoms with Gasteiger partial charge in [-0.15, -0.1) is 0 Å². The van der Waals surface area contributed by atoms with Crippen LogP contribution in [0.3, 0.4) is 0 Å². The predicted octanol–water partition coefficient (Wildman–Crippen LogP) is 4.38. The Morgan fingerprint density at radius 2 is 1.81 bits per heavy atom. The Balaban J connectivity index is 1.71. The molecule has 0 atom stereocenters. The SMILES string of the molecule is O=C(/C=C/c1ccc([N+](=O)[O-])cc1)Nc1cc(F)ccc1N1CCCCC1. The molecule has 3 rings (SSSR count). The molecular formula is C20H20FN3O3. The summed E-state index contributed by atoms with van der Waals surface area (Å²) in [6.07, 6.45) is 6.21. The number of nitrogens with zero attached hydrogens (tertiary/aromatic N) is 2. The van der Waals surface area contributed by atoms with Crippen molar-refractivity contribution in [2.75, 3.05) is 23.3 Å². The molecule has 27 heavy (non-hydrogen) atoms. The molecule has 0 radical (unpaired) electrons. The van der Waals surface area contributed by atoms with Gasteiger partial charge in [-0.3, -0.25) is 14.9 Å². The van der Waals surface area contributed by atoms with E-state index in [2.05, 4.69) is 10.2 Å². The molecule has 0 spiro atoms. The summed E-state index contributed by atoms with van der Waals surface area (Å²) in [6, 6.07) is 10.3. The maximum Gasteiger partial charge on any atom is 0.269 e. The van der Waals surface area contributed by atoms with E-state index in [9.17, 15) is 19.3 Å². The van der Waals surface area contributed by atoms with Crippen LogP contribution >= 0.6 is 0 Å². The van der Waals surface area contributed by atoms with Crippen LogP contribution in [0.4, 0.5) is 21.5 Å². The average molecular weight is 369 g/mol. The Labute approximate surface area is 156 Å². The van der Waals surface area contributed by atoms with E-state index in [1.54, 1.807) is 24.3 Å². The van der Waals surface area contributed by atoms with Gasteiger partial charge in [0.1, 0.15) is 5.82 Å². The highest BCUT2D eigenvalue weighted by Gasteiger charge is 2.16. The molecule has 1 fully saturated rings. The van der Waals surface area contributed by atoms with Crippen molar-refractivity contribution in [3.63, 3.8) is 0 Å². The topological polar surface area (TPSA) is 75.5 Å². The van der Waals surface area contributed by atoms with Gasteiger partial charge in [0.2, 0.25) is 5.91 Å². The first kappa shape index (κ1) is 18.6. The molecule has 1 aliphatic rings. The summed E-state index contributed by atoms with van der Waals surface area (Å²) in [4.78, 5) is 24.6. The minimum Gasteiger partial charge on any atom is -0.370 e. The fourth-order valence-electron chi connectivity index (χ4n) is 3.07. The van der Waals surface area contributed by atoms with Gasteiger partial charge in [0, 0.05) is 31.3 Å². The summed E-state index contributed by atoms with van der Waals surface area (Å²) in [5, 5.41) is 13.4. The zero-order valence-electron chi connectivity index (χ0n) is 14.7. The lowest BCUT2D eigenvalue weighted by Crippen LogP contribution is -2.30. The van der Waals surface area contributed by atoms with Crippen molar-refractivity contribution in [2.24, 2.45) is 0 Å². The fourth-order valence-corrected chi connectivity index (χ4v) is 3.07. The van der Waals surface area contributed by atoms with Gasteiger partial charge in [-0.25, -0.2) is 4.39 Å². The molecule has 1 saturated heterocycles. The van der Waals surface area contributed by atoms with Crippen LogP contribution in [0.25, 0.3) is 6.08 Å². The standard InChI is InChI=1S/C20H20FN3O3/c21-16-7-10-19(23-12-2-1-3-13-23)18(14-16)22-20(25)11-6-15-4-8-17(9-5-15)24(26)27/h4-11,14H,1-3,12-13H2,(H,22,25)/b11-6+. The Bertz CT molecular complexity index is 859. The molecule has 0 unspecified atom stereocenters. The molecule has 6 nitrogen and oxygen atoms in total. The number of nitro benzene ring substituents is 1. The number of non-ortho nitro benzene ring substituents is 1. The second-order valence-electron chi connectivity index (χ2n) is 6.38. The molecule has 140 valence electrons. The lowest BCUT2D eigenvalue weighted by atomic mass is 10.1. The van der Waals surface area contributed by atoms with Crippen LogP contribution < -0.4 is 10.2 Å². The van der Waals surface area contributed by atoms with E-state index in [0.717, 1.165) is 31.6 Å². The number of rotatable bonds is 5. The molecule has 0 saturated carbocycles. The highest BCUT2D eigenvalue weighted by Crippen LogP contribution is 2.29. The summed E-state index contributed by atoms with van der Waals surface area (Å²) in [5.74, 6) is -0.803. The van der Waals surface area contributed by atoms with Gasteiger partial charge in [0.05, 0.1) is 16.3 Å². The Hall–Kier alpha value is -3.22. The molecule has 2 aromatic carbocycles. The van der Waals surface area contributed by atoms with E-state index < -0.39 is 16.6 Å². The van der Waals surface area contributed by atoms with Crippen LogP contribution in [-0.2, 0) is 4.79 Å². The van der Waals surface area contributed by atoms with Gasteiger partial charge in [0.15, 0.2) is 0 Å². The Morgan fingerprint density at radius 3 is 2.48 bits per heavy atom. The van der Waals surface area contributed by atoms with Crippen LogP contribution in [0.1, 0.15) is 24.8 Å². The third-order valence-electron chi connectivity index (χ3n) is 4.44. The predicted molar refractivity (Wildman–Crippen MR) is 103 cm³/mol. The number of hydrogen-bond donors (Lipinski definition) is 1. The third-order valence-corrected chi connectivity index (χ3v) is 4.44. The van der Waals surface area contributed by atoms with Crippen LogP contribution in [0.5, 0.6) is 0 Å². The van der Waals surface area contributed by atoms with Crippen LogP contribution in [0.2, 0.25) is 0 Å². The van der Waals surface area contributed by atoms with E-state index in [4.69, 9.17) is 0 Å². The first-order valence-electron chi connectivity index (χ1n) is 8.81. The number of piperidine rings is 1. The molecule has 1 aliphatic heterocycles. The number of hydrogen-bond acceptors (Lipinski definition) is 4. The van der Waals surface area contributed by atoms with Crippen molar-refractivity contribution in [1.82, 2.24) is 0 Å². The number of carbonyl (C=O) groups excluding carboxylic acids is 1. The number of nitrogens with one attached hydrogen (secondary N) is 1. The second-order valence-corrected chi connectivity index (χ2v) is 6.38. The monoisotopic (exact) mass is 369 g/mol. The van der Waals surface area contributed by atoms with Crippen molar-refractivity contribution >= 4 is 29.0 Å². The van der Waals surface area contributed by atoms with E-state index in [1.807, 2.05) is 0 Å². The van der Waals surface area contributed by atoms with E-state index in [1.165, 1.54) is 36.8 Å². The summed E-state index contributed by atoms with van der Waals surface area (Å²) in [6.45, 7) is 1.76. The quantitative estimate of drug-likeness (QED) is 0.482. The number of anilines is 2. The van der Waals surface area contributed by atoms with Crippen molar-refractivity contribution in [3.05, 3.63) is 70.0 Å². The zero-order valence-corrected chi connectivity index (χ0v) is 14.7. The average Bonchev–Trinajstić information content (AvgIpc) is 2.67. The normalized spacial score (nSPS) is 14.3. The van der Waals surface area contributed by atoms with Crippen molar-refractivity contribution in [2.45, 2.75) is 19.3 Å². The van der Waals surface area contributed by atoms with E-state index >= 15 is 0 Å². The molecule has 0 bridgehead atoms. The molecule has 0 aliphatic carbocycles. The highest BCUT2D eigenvalue weighted by molar-refractivity contribution is 6.03. The summed E-state index contributed by atoms with van der Waals surface area (Å²) < 4.78 is 13.7. The minimum atomic E-state index is -0.480. The van der Waals surface area contributed by atoms with Gasteiger partial charge < -0.3 is 10.2 Å². The lowest BCUT2D eigenvalue weighted by molar-refractivity contribution is -0.384. The first-order chi connectivity index (χ1) is 13.0. The van der Waals surface area contributed by atoms with Crippen molar-refractivity contribution in [3.8, 4) is 0 Å². The van der Waals surface area contributed by atoms with E-state index in [0.29, 0.717) is 11.3 Å². The molecule has 7 heteroatoms. The summed E-state index contributed by atoms with van der Waals surface area (Å²) in [7, 11) is 0. The van der Waals surface area contributed by atoms with Crippen LogP contribution in [0, 0.1) is 15.9 Å². The zero-order chi connectivity index (χ0) is 19.2. The van der Waals surface area contributed by atoms with Crippen molar-refractivity contribution < 1.29 is 14.1 Å². The van der Waals surface area contributed by atoms with Crippen LogP contribution in [-0.4, -0.2) is 23.9 Å². The number of nitro groups is 1. The highest BCUT2D eigenvalue weighted by atomic mass is 19.1. The summed E-state index contributed by atoms with van der Waals surface area (Å²) in [5.41, 5.74) is 1.90. The second kappa shape index (κ2) is 8.44. The molecule has 1 N–H and O–H groups in total. The molecule has 2 aromatic rings. The minimum absolute atomic E-state index is 0.0115. The fraction of sp³-hybridized carbons (Fsp3) is 0.250. The Kier molecular flexibility index (Phi) is 5.80. The largest absolute Gasteiger partial charge is 0.370 e. The van der Waals surface area contributed by atoms with Gasteiger partial charge in [-0.05, 0) is 61.2 Å². The first-order valence-corrected chi connectivity index (χ1v) is 8.81. The van der Waals surface area contributed by atoms with Gasteiger partial charge in [-0.2, -0.15) is 0 Å². The molecule has 1 amide bonds. The number of halogens is 1. The van der Waals surface area contributed by atoms with Gasteiger partial charge in [-0.1, -0.05) is 0 Å². The maximum atomic E-state index is 13.7. The van der Waals surface area contributed by atoms with Gasteiger partial charge >= 0.3 is 0 Å². The van der Waals surface area contributed by atoms with E-state index in [-0.39, 0.29) is 5.69 Å². The molecule has 1 heterocycles. The summed E-state index contributed by atoms with van der Waals surface area (Å²) >= 11 is 0. The lowest BCUT2D eigenvalue weighted by Gasteiger charge is -2.30.